The summed E-state index contributed by atoms with van der Waals surface area (Å²) >= 11 is 1.90. The van der Waals surface area contributed by atoms with E-state index in [0.29, 0.717) is 0 Å². The fourth-order valence-electron chi connectivity index (χ4n) is 2.93. The highest BCUT2D eigenvalue weighted by Gasteiger charge is 2.31. The van der Waals surface area contributed by atoms with E-state index in [2.05, 4.69) is 30.4 Å². The minimum absolute atomic E-state index is 0.178. The molecular weight excluding hydrogens is 240 g/mol. The lowest BCUT2D eigenvalue weighted by molar-refractivity contribution is 0.435. The summed E-state index contributed by atoms with van der Waals surface area (Å²) in [5, 5.41) is 4.99. The van der Waals surface area contributed by atoms with Crippen molar-refractivity contribution in [3.05, 3.63) is 28.8 Å². The Morgan fingerprint density at radius 1 is 1.39 bits per heavy atom. The van der Waals surface area contributed by atoms with Crippen LogP contribution in [0.25, 0.3) is 10.2 Å². The Hall–Kier alpha value is -0.930. The second-order valence-corrected chi connectivity index (χ2v) is 6.93. The van der Waals surface area contributed by atoms with Gasteiger partial charge in [-0.25, -0.2) is 4.98 Å². The van der Waals surface area contributed by atoms with Crippen molar-refractivity contribution in [3.63, 3.8) is 0 Å². The summed E-state index contributed by atoms with van der Waals surface area (Å²) in [6.45, 7) is 3.47. The van der Waals surface area contributed by atoms with Crippen molar-refractivity contribution < 1.29 is 0 Å². The van der Waals surface area contributed by atoms with Crippen LogP contribution in [0.4, 0.5) is 0 Å². The third-order valence-electron chi connectivity index (χ3n) is 4.34. The summed E-state index contributed by atoms with van der Waals surface area (Å²) in [4.78, 5) is 4.76. The van der Waals surface area contributed by atoms with E-state index in [4.69, 9.17) is 4.98 Å². The van der Waals surface area contributed by atoms with Gasteiger partial charge in [0.25, 0.3) is 0 Å². The monoisotopic (exact) mass is 258 g/mol. The number of hydrogen-bond donors (Lipinski definition) is 1. The number of thiazole rings is 1. The van der Waals surface area contributed by atoms with E-state index in [1.165, 1.54) is 46.5 Å². The van der Waals surface area contributed by atoms with E-state index in [-0.39, 0.29) is 5.54 Å². The molecular formula is C15H18N2S. The highest BCUT2D eigenvalue weighted by atomic mass is 32.1. The number of fused-ring (bicyclic) bond motifs is 1. The topological polar surface area (TPSA) is 24.9 Å². The van der Waals surface area contributed by atoms with Gasteiger partial charge in [0, 0.05) is 11.5 Å². The van der Waals surface area contributed by atoms with Crippen LogP contribution in [0.15, 0.2) is 18.2 Å². The van der Waals surface area contributed by atoms with E-state index in [1.54, 1.807) is 0 Å². The quantitative estimate of drug-likeness (QED) is 0.887. The average Bonchev–Trinajstić information content (AvgIpc) is 2.99. The maximum absolute atomic E-state index is 4.76. The van der Waals surface area contributed by atoms with Crippen LogP contribution in [0.2, 0.25) is 0 Å². The zero-order chi connectivity index (χ0) is 12.2. The Kier molecular flexibility index (Phi) is 2.30. The molecule has 0 radical (unpaired) electrons. The van der Waals surface area contributed by atoms with Crippen LogP contribution < -0.4 is 5.32 Å². The van der Waals surface area contributed by atoms with Gasteiger partial charge in [-0.3, -0.25) is 0 Å². The smallest absolute Gasteiger partial charge is 0.0969 e. The SMILES string of the molecule is CC1(c2ccc3nc(C4CC4)sc3c2)CCCN1. The van der Waals surface area contributed by atoms with Gasteiger partial charge in [-0.1, -0.05) is 6.07 Å². The maximum Gasteiger partial charge on any atom is 0.0969 e. The molecule has 0 amide bonds. The van der Waals surface area contributed by atoms with Gasteiger partial charge in [-0.15, -0.1) is 11.3 Å². The number of hydrogen-bond acceptors (Lipinski definition) is 3. The Bertz CT molecular complexity index is 592. The molecule has 1 aliphatic heterocycles. The first-order chi connectivity index (χ1) is 8.74. The summed E-state index contributed by atoms with van der Waals surface area (Å²) in [6, 6.07) is 6.83. The van der Waals surface area contributed by atoms with Crippen molar-refractivity contribution >= 4 is 21.6 Å². The first-order valence-electron chi connectivity index (χ1n) is 6.91. The van der Waals surface area contributed by atoms with Crippen molar-refractivity contribution in [1.29, 1.82) is 0 Å². The minimum Gasteiger partial charge on any atom is -0.308 e. The Morgan fingerprint density at radius 3 is 3.00 bits per heavy atom. The van der Waals surface area contributed by atoms with E-state index in [1.807, 2.05) is 11.3 Å². The van der Waals surface area contributed by atoms with Crippen molar-refractivity contribution in [1.82, 2.24) is 10.3 Å². The summed E-state index contributed by atoms with van der Waals surface area (Å²) < 4.78 is 1.37. The first-order valence-corrected chi connectivity index (χ1v) is 7.72. The molecule has 2 nitrogen and oxygen atoms in total. The molecule has 3 heteroatoms. The van der Waals surface area contributed by atoms with Crippen LogP contribution in [0.1, 0.15) is 49.1 Å². The molecule has 1 aromatic carbocycles. The molecule has 2 fully saturated rings. The molecule has 1 aromatic heterocycles. The Labute approximate surface area is 111 Å². The summed E-state index contributed by atoms with van der Waals surface area (Å²) in [6.07, 6.45) is 5.20. The molecule has 18 heavy (non-hydrogen) atoms. The van der Waals surface area contributed by atoms with Crippen LogP contribution in [0, 0.1) is 0 Å². The largest absolute Gasteiger partial charge is 0.308 e. The summed E-state index contributed by atoms with van der Waals surface area (Å²) in [7, 11) is 0. The van der Waals surface area contributed by atoms with Gasteiger partial charge in [-0.05, 0) is 56.8 Å². The predicted molar refractivity (Wildman–Crippen MR) is 76.2 cm³/mol. The van der Waals surface area contributed by atoms with E-state index < -0.39 is 0 Å². The van der Waals surface area contributed by atoms with Gasteiger partial charge in [0.15, 0.2) is 0 Å². The molecule has 1 unspecified atom stereocenters. The molecule has 1 N–H and O–H groups in total. The second kappa shape index (κ2) is 3.78. The van der Waals surface area contributed by atoms with Crippen LogP contribution in [0.3, 0.4) is 0 Å². The zero-order valence-electron chi connectivity index (χ0n) is 10.7. The normalized spacial score (nSPS) is 28.1. The van der Waals surface area contributed by atoms with Gasteiger partial charge in [0.1, 0.15) is 0 Å². The standard InChI is InChI=1S/C15H18N2S/c1-15(7-2-8-16-15)11-5-6-12-13(9-11)18-14(17-12)10-3-4-10/h5-6,9-10,16H,2-4,7-8H2,1H3. The number of rotatable bonds is 2. The third-order valence-corrected chi connectivity index (χ3v) is 5.52. The molecule has 2 aliphatic rings. The fourth-order valence-corrected chi connectivity index (χ4v) is 4.11. The molecule has 2 heterocycles. The molecule has 1 saturated heterocycles. The fraction of sp³-hybridized carbons (Fsp3) is 0.533. The molecule has 94 valence electrons. The summed E-state index contributed by atoms with van der Waals surface area (Å²) in [5.74, 6) is 0.769. The van der Waals surface area contributed by atoms with E-state index in [0.717, 1.165) is 12.5 Å². The Morgan fingerprint density at radius 2 is 2.28 bits per heavy atom. The average molecular weight is 258 g/mol. The van der Waals surface area contributed by atoms with Crippen LogP contribution in [-0.4, -0.2) is 11.5 Å². The number of nitrogens with one attached hydrogen (secondary N) is 1. The molecule has 1 saturated carbocycles. The lowest BCUT2D eigenvalue weighted by atomic mass is 9.90. The zero-order valence-corrected chi connectivity index (χ0v) is 11.5. The van der Waals surface area contributed by atoms with Gasteiger partial charge in [0.05, 0.1) is 15.2 Å². The third kappa shape index (κ3) is 1.69. The predicted octanol–water partition coefficient (Wildman–Crippen LogP) is 3.77. The Balaban J connectivity index is 1.78. The van der Waals surface area contributed by atoms with Crippen molar-refractivity contribution in [2.75, 3.05) is 6.54 Å². The van der Waals surface area contributed by atoms with Crippen LogP contribution in [-0.2, 0) is 5.54 Å². The lowest BCUT2D eigenvalue weighted by Crippen LogP contribution is -2.32. The van der Waals surface area contributed by atoms with Gasteiger partial charge < -0.3 is 5.32 Å². The molecule has 2 aromatic rings. The van der Waals surface area contributed by atoms with E-state index >= 15 is 0 Å². The highest BCUT2D eigenvalue weighted by molar-refractivity contribution is 7.18. The van der Waals surface area contributed by atoms with Gasteiger partial charge in [0.2, 0.25) is 0 Å². The molecule has 0 spiro atoms. The number of aromatic nitrogens is 1. The molecule has 0 bridgehead atoms. The molecule has 1 atom stereocenters. The lowest BCUT2D eigenvalue weighted by Gasteiger charge is -2.24. The molecule has 1 aliphatic carbocycles. The van der Waals surface area contributed by atoms with Crippen LogP contribution >= 0.6 is 11.3 Å². The van der Waals surface area contributed by atoms with Gasteiger partial charge in [-0.2, -0.15) is 0 Å². The highest BCUT2D eigenvalue weighted by Crippen LogP contribution is 2.43. The maximum atomic E-state index is 4.76. The van der Waals surface area contributed by atoms with Crippen molar-refractivity contribution in [2.45, 2.75) is 44.1 Å². The number of nitrogens with zero attached hydrogens (tertiary/aromatic N) is 1. The summed E-state index contributed by atoms with van der Waals surface area (Å²) in [5.41, 5.74) is 2.79. The first kappa shape index (κ1) is 10.9. The minimum atomic E-state index is 0.178. The van der Waals surface area contributed by atoms with E-state index in [9.17, 15) is 0 Å². The molecule has 4 rings (SSSR count). The van der Waals surface area contributed by atoms with Crippen molar-refractivity contribution in [2.24, 2.45) is 0 Å². The number of benzene rings is 1. The van der Waals surface area contributed by atoms with Crippen LogP contribution in [0.5, 0.6) is 0 Å². The van der Waals surface area contributed by atoms with Crippen molar-refractivity contribution in [3.8, 4) is 0 Å². The second-order valence-electron chi connectivity index (χ2n) is 5.87. The van der Waals surface area contributed by atoms with Gasteiger partial charge >= 0.3 is 0 Å².